The fourth-order valence-electron chi connectivity index (χ4n) is 3.63. The highest BCUT2D eigenvalue weighted by molar-refractivity contribution is 8.93. The molecule has 0 aliphatic carbocycles. The van der Waals surface area contributed by atoms with Gasteiger partial charge in [-0.15, -0.1) is 17.0 Å². The van der Waals surface area contributed by atoms with Crippen LogP contribution in [0.5, 0.6) is 0 Å². The second-order valence-electron chi connectivity index (χ2n) is 8.15. The summed E-state index contributed by atoms with van der Waals surface area (Å²) in [6.07, 6.45) is 24.9. The Hall–Kier alpha value is 0.400. The Morgan fingerprint density at radius 3 is 1.23 bits per heavy atom. The molecule has 160 valence electrons. The van der Waals surface area contributed by atoms with Crippen LogP contribution in [0.4, 0.5) is 0 Å². The molecule has 1 N–H and O–H groups in total. The zero-order valence-electron chi connectivity index (χ0n) is 18.7. The smallest absolute Gasteiger partial charge is 0.0589 e. The van der Waals surface area contributed by atoms with Crippen LogP contribution < -0.4 is 5.32 Å². The first kappa shape index (κ1) is 28.6. The normalized spacial score (nSPS) is 12.3. The van der Waals surface area contributed by atoms with Gasteiger partial charge in [0, 0.05) is 0 Å². The molecule has 0 aromatic heterocycles. The summed E-state index contributed by atoms with van der Waals surface area (Å²) in [5, 5.41) is 3.64. The van der Waals surface area contributed by atoms with Gasteiger partial charge in [-0.3, -0.25) is 4.90 Å². The van der Waals surface area contributed by atoms with Gasteiger partial charge in [0.1, 0.15) is 0 Å². The van der Waals surface area contributed by atoms with Crippen LogP contribution in [0.3, 0.4) is 0 Å². The Kier molecular flexibility index (Phi) is 25.8. The Morgan fingerprint density at radius 1 is 0.577 bits per heavy atom. The van der Waals surface area contributed by atoms with Gasteiger partial charge in [0.25, 0.3) is 0 Å². The van der Waals surface area contributed by atoms with Crippen molar-refractivity contribution in [1.82, 2.24) is 10.2 Å². The number of unbranched alkanes of at least 4 members (excludes halogenated alkanes) is 15. The molecule has 0 rings (SSSR count). The largest absolute Gasteiger partial charge is 0.302 e. The van der Waals surface area contributed by atoms with E-state index < -0.39 is 0 Å². The Labute approximate surface area is 177 Å². The maximum absolute atomic E-state index is 3.64. The zero-order chi connectivity index (χ0) is 18.6. The van der Waals surface area contributed by atoms with Crippen LogP contribution in [0, 0.1) is 0 Å². The predicted octanol–water partition coefficient (Wildman–Crippen LogP) is 7.71. The molecule has 26 heavy (non-hydrogen) atoms. The lowest BCUT2D eigenvalue weighted by atomic mass is 10.0. The summed E-state index contributed by atoms with van der Waals surface area (Å²) in [6, 6.07) is 0. The van der Waals surface area contributed by atoms with E-state index in [4.69, 9.17) is 0 Å². The number of rotatable bonds is 20. The molecule has 0 heterocycles. The van der Waals surface area contributed by atoms with E-state index in [1.54, 1.807) is 0 Å². The SMILES string of the molecule is Br.CCCCCCCCCCCCCCCCCCNC(CC)N(C)C. The molecular formula is C23H51BrN2. The molecule has 0 aliphatic heterocycles. The predicted molar refractivity (Wildman–Crippen MR) is 126 cm³/mol. The quantitative estimate of drug-likeness (QED) is 0.156. The fourth-order valence-corrected chi connectivity index (χ4v) is 3.63. The number of hydrogen-bond acceptors (Lipinski definition) is 2. The molecule has 0 aliphatic rings. The van der Waals surface area contributed by atoms with Crippen LogP contribution in [0.15, 0.2) is 0 Å². The van der Waals surface area contributed by atoms with Crippen LogP contribution in [0.25, 0.3) is 0 Å². The summed E-state index contributed by atoms with van der Waals surface area (Å²) in [4.78, 5) is 2.28. The van der Waals surface area contributed by atoms with Gasteiger partial charge >= 0.3 is 0 Å². The molecular weight excluding hydrogens is 384 g/mol. The van der Waals surface area contributed by atoms with Crippen molar-refractivity contribution in [3.8, 4) is 0 Å². The van der Waals surface area contributed by atoms with Gasteiger partial charge in [0.15, 0.2) is 0 Å². The molecule has 1 unspecified atom stereocenters. The van der Waals surface area contributed by atoms with Crippen molar-refractivity contribution in [3.63, 3.8) is 0 Å². The minimum atomic E-state index is 0. The minimum Gasteiger partial charge on any atom is -0.302 e. The zero-order valence-corrected chi connectivity index (χ0v) is 20.4. The third kappa shape index (κ3) is 20.7. The molecule has 0 radical (unpaired) electrons. The standard InChI is InChI=1S/C23H50N2.BrH/c1-5-7-8-9-10-11-12-13-14-15-16-17-18-19-20-21-22-24-23(6-2)25(3)4;/h23-24H,5-22H2,1-4H3;1H. The van der Waals surface area contributed by atoms with Gasteiger partial charge in [0.2, 0.25) is 0 Å². The second kappa shape index (κ2) is 23.4. The number of halogens is 1. The third-order valence-electron chi connectivity index (χ3n) is 5.42. The average Bonchev–Trinajstić information content (AvgIpc) is 2.60. The summed E-state index contributed by atoms with van der Waals surface area (Å²) >= 11 is 0. The van der Waals surface area contributed by atoms with E-state index in [0.717, 1.165) is 0 Å². The molecule has 3 heteroatoms. The third-order valence-corrected chi connectivity index (χ3v) is 5.42. The van der Waals surface area contributed by atoms with Crippen molar-refractivity contribution in [2.45, 2.75) is 129 Å². The summed E-state index contributed by atoms with van der Waals surface area (Å²) in [6.45, 7) is 5.73. The van der Waals surface area contributed by atoms with Gasteiger partial charge in [-0.05, 0) is 33.5 Å². The van der Waals surface area contributed by atoms with E-state index >= 15 is 0 Å². The van der Waals surface area contributed by atoms with Gasteiger partial charge < -0.3 is 5.32 Å². The fraction of sp³-hybridized carbons (Fsp3) is 1.00. The van der Waals surface area contributed by atoms with Gasteiger partial charge in [-0.1, -0.05) is 110 Å². The lowest BCUT2D eigenvalue weighted by Gasteiger charge is -2.24. The molecule has 0 fully saturated rings. The van der Waals surface area contributed by atoms with Crippen molar-refractivity contribution in [3.05, 3.63) is 0 Å². The van der Waals surface area contributed by atoms with Crippen LogP contribution in [-0.4, -0.2) is 31.7 Å². The molecule has 0 bridgehead atoms. The summed E-state index contributed by atoms with van der Waals surface area (Å²) in [7, 11) is 4.32. The molecule has 1 atom stereocenters. The summed E-state index contributed by atoms with van der Waals surface area (Å²) < 4.78 is 0. The molecule has 0 saturated heterocycles. The van der Waals surface area contributed by atoms with Crippen LogP contribution in [-0.2, 0) is 0 Å². The van der Waals surface area contributed by atoms with Gasteiger partial charge in [-0.25, -0.2) is 0 Å². The molecule has 2 nitrogen and oxygen atoms in total. The molecule has 0 spiro atoms. The maximum Gasteiger partial charge on any atom is 0.0589 e. The lowest BCUT2D eigenvalue weighted by Crippen LogP contribution is -2.41. The van der Waals surface area contributed by atoms with E-state index in [1.165, 1.54) is 116 Å². The minimum absolute atomic E-state index is 0. The van der Waals surface area contributed by atoms with E-state index in [1.807, 2.05) is 0 Å². The first-order chi connectivity index (χ1) is 12.2. The number of nitrogens with zero attached hydrogens (tertiary/aromatic N) is 1. The van der Waals surface area contributed by atoms with Crippen molar-refractivity contribution >= 4 is 17.0 Å². The Morgan fingerprint density at radius 2 is 0.923 bits per heavy atom. The van der Waals surface area contributed by atoms with Crippen molar-refractivity contribution in [1.29, 1.82) is 0 Å². The van der Waals surface area contributed by atoms with Gasteiger partial charge in [0.05, 0.1) is 6.17 Å². The highest BCUT2D eigenvalue weighted by Gasteiger charge is 2.05. The highest BCUT2D eigenvalue weighted by Crippen LogP contribution is 2.13. The second-order valence-corrected chi connectivity index (χ2v) is 8.15. The van der Waals surface area contributed by atoms with Crippen molar-refractivity contribution in [2.24, 2.45) is 0 Å². The summed E-state index contributed by atoms with van der Waals surface area (Å²) in [5.74, 6) is 0. The molecule has 0 saturated carbocycles. The summed E-state index contributed by atoms with van der Waals surface area (Å²) in [5.41, 5.74) is 0. The average molecular weight is 436 g/mol. The topological polar surface area (TPSA) is 15.3 Å². The highest BCUT2D eigenvalue weighted by atomic mass is 79.9. The van der Waals surface area contributed by atoms with E-state index in [2.05, 4.69) is 38.2 Å². The van der Waals surface area contributed by atoms with Crippen LogP contribution in [0.1, 0.15) is 123 Å². The molecule has 0 aromatic carbocycles. The molecule has 0 amide bonds. The van der Waals surface area contributed by atoms with Crippen LogP contribution >= 0.6 is 17.0 Å². The van der Waals surface area contributed by atoms with Crippen molar-refractivity contribution < 1.29 is 0 Å². The Bertz CT molecular complexity index is 246. The van der Waals surface area contributed by atoms with Crippen molar-refractivity contribution in [2.75, 3.05) is 20.6 Å². The lowest BCUT2D eigenvalue weighted by molar-refractivity contribution is 0.238. The Balaban J connectivity index is 0. The molecule has 0 aromatic rings. The van der Waals surface area contributed by atoms with E-state index in [-0.39, 0.29) is 17.0 Å². The number of nitrogens with one attached hydrogen (secondary N) is 1. The first-order valence-corrected chi connectivity index (χ1v) is 11.6. The number of hydrogen-bond donors (Lipinski definition) is 1. The monoisotopic (exact) mass is 434 g/mol. The van der Waals surface area contributed by atoms with E-state index in [0.29, 0.717) is 6.17 Å². The van der Waals surface area contributed by atoms with Crippen LogP contribution in [0.2, 0.25) is 0 Å². The van der Waals surface area contributed by atoms with Gasteiger partial charge in [-0.2, -0.15) is 0 Å². The van der Waals surface area contributed by atoms with E-state index in [9.17, 15) is 0 Å². The first-order valence-electron chi connectivity index (χ1n) is 11.6. The maximum atomic E-state index is 3.64.